The zero-order valence-corrected chi connectivity index (χ0v) is 29.1. The Kier molecular flexibility index (Phi) is 9.39. The van der Waals surface area contributed by atoms with E-state index in [4.69, 9.17) is 28.8 Å². The van der Waals surface area contributed by atoms with Gasteiger partial charge in [0.1, 0.15) is 29.6 Å². The molecule has 4 fully saturated rings. The number of rotatable bonds is 9. The van der Waals surface area contributed by atoms with Gasteiger partial charge in [0.15, 0.2) is 5.89 Å². The van der Waals surface area contributed by atoms with E-state index in [-0.39, 0.29) is 30.6 Å². The summed E-state index contributed by atoms with van der Waals surface area (Å²) in [5.41, 5.74) is 3.05. The van der Waals surface area contributed by atoms with Gasteiger partial charge in [0, 0.05) is 41.8 Å². The SMILES string of the molecule is COc1ccc(C2CCC(CN(C(=O)C3CCC(OC(=O)N4CC(O)C4(C)C)CC3)c3cc(-c4coc(C5CC5)n4)ccn3)CC2)nc1C. The van der Waals surface area contributed by atoms with Gasteiger partial charge in [-0.05, 0) is 115 Å². The quantitative estimate of drug-likeness (QED) is 0.261. The molecule has 11 heteroatoms. The molecule has 1 atom stereocenters. The maximum absolute atomic E-state index is 14.4. The molecule has 0 aromatic carbocycles. The highest BCUT2D eigenvalue weighted by Crippen LogP contribution is 2.41. The number of oxazole rings is 1. The molecule has 3 aromatic heterocycles. The highest BCUT2D eigenvalue weighted by Gasteiger charge is 2.49. The Bertz CT molecular complexity index is 1650. The standard InChI is InChI=1S/C38H49N5O6/c1-23-32(47-4)16-15-30(40-23)25-7-5-24(6-8-25)20-42(34-19-28(17-18-39-34)31-22-48-35(41-31)26-9-10-26)36(45)27-11-13-29(14-12-27)49-37(46)43-21-33(44)38(43,2)3/h15-19,22,24-27,29,33,44H,5-14,20-21H2,1-4H3. The Hall–Kier alpha value is -3.99. The van der Waals surface area contributed by atoms with Gasteiger partial charge < -0.3 is 19.0 Å². The van der Waals surface area contributed by atoms with Crippen LogP contribution in [0.5, 0.6) is 5.75 Å². The summed E-state index contributed by atoms with van der Waals surface area (Å²) in [5.74, 6) is 3.27. The molecule has 3 aromatic rings. The first-order valence-corrected chi connectivity index (χ1v) is 18.0. The van der Waals surface area contributed by atoms with Gasteiger partial charge in [-0.1, -0.05) is 0 Å². The van der Waals surface area contributed by atoms with Gasteiger partial charge in [0.25, 0.3) is 0 Å². The van der Waals surface area contributed by atoms with E-state index < -0.39 is 11.6 Å². The number of methoxy groups -OCH3 is 1. The van der Waals surface area contributed by atoms with Crippen LogP contribution in [0.15, 0.2) is 41.1 Å². The number of carbonyl (C=O) groups excluding carboxylic acids is 2. The molecule has 2 amide bonds. The van der Waals surface area contributed by atoms with Gasteiger partial charge in [-0.2, -0.15) is 0 Å². The fourth-order valence-corrected chi connectivity index (χ4v) is 7.73. The van der Waals surface area contributed by atoms with Crippen LogP contribution in [0.1, 0.15) is 107 Å². The maximum Gasteiger partial charge on any atom is 0.410 e. The van der Waals surface area contributed by atoms with Gasteiger partial charge >= 0.3 is 6.09 Å². The molecule has 49 heavy (non-hydrogen) atoms. The van der Waals surface area contributed by atoms with Crippen molar-refractivity contribution in [3.63, 3.8) is 0 Å². The van der Waals surface area contributed by atoms with E-state index in [2.05, 4.69) is 6.07 Å². The van der Waals surface area contributed by atoms with Crippen LogP contribution in [-0.4, -0.2) is 74.9 Å². The lowest BCUT2D eigenvalue weighted by molar-refractivity contribution is -0.125. The number of hydrogen-bond donors (Lipinski definition) is 1. The number of likely N-dealkylation sites (tertiary alicyclic amines) is 1. The van der Waals surface area contributed by atoms with Crippen LogP contribution in [0.3, 0.4) is 0 Å². The number of β-amino-alcohol motifs (C(OH)–C–C–N with tert-alkyl or cyclic N) is 1. The van der Waals surface area contributed by atoms with E-state index in [1.165, 1.54) is 0 Å². The number of anilines is 1. The van der Waals surface area contributed by atoms with Gasteiger partial charge in [-0.3, -0.25) is 19.6 Å². The Morgan fingerprint density at radius 1 is 1.00 bits per heavy atom. The molecule has 1 N–H and O–H groups in total. The zero-order valence-electron chi connectivity index (χ0n) is 29.1. The van der Waals surface area contributed by atoms with Crippen molar-refractivity contribution in [2.75, 3.05) is 25.1 Å². The summed E-state index contributed by atoms with van der Waals surface area (Å²) < 4.78 is 17.0. The number of aryl methyl sites for hydroxylation is 1. The molecule has 0 radical (unpaired) electrons. The number of aliphatic hydroxyl groups excluding tert-OH is 1. The van der Waals surface area contributed by atoms with Crippen molar-refractivity contribution < 1.29 is 28.6 Å². The third kappa shape index (κ3) is 7.04. The second-order valence-corrected chi connectivity index (χ2v) is 15.1. The van der Waals surface area contributed by atoms with Crippen molar-refractivity contribution in [3.8, 4) is 17.0 Å². The highest BCUT2D eigenvalue weighted by molar-refractivity contribution is 5.94. The van der Waals surface area contributed by atoms with Crippen molar-refractivity contribution in [1.29, 1.82) is 0 Å². The van der Waals surface area contributed by atoms with Crippen LogP contribution in [0.25, 0.3) is 11.3 Å². The molecule has 3 saturated carbocycles. The highest BCUT2D eigenvalue weighted by atomic mass is 16.6. The summed E-state index contributed by atoms with van der Waals surface area (Å²) in [5, 5.41) is 10.0. The van der Waals surface area contributed by atoms with Crippen LogP contribution in [0.4, 0.5) is 10.6 Å². The van der Waals surface area contributed by atoms with Gasteiger partial charge in [-0.15, -0.1) is 0 Å². The van der Waals surface area contributed by atoms with E-state index in [0.29, 0.717) is 55.8 Å². The fraction of sp³-hybridized carbons (Fsp3) is 0.605. The molecule has 262 valence electrons. The second kappa shape index (κ2) is 13.7. The topological polar surface area (TPSA) is 131 Å². The molecule has 4 heterocycles. The summed E-state index contributed by atoms with van der Waals surface area (Å²) in [6.07, 6.45) is 11.1. The number of hydrogen-bond acceptors (Lipinski definition) is 9. The third-order valence-corrected chi connectivity index (χ3v) is 11.4. The van der Waals surface area contributed by atoms with Crippen LogP contribution in [0.2, 0.25) is 0 Å². The lowest BCUT2D eigenvalue weighted by atomic mass is 9.79. The summed E-state index contributed by atoms with van der Waals surface area (Å²) in [4.78, 5) is 45.0. The number of aromatic nitrogens is 3. The smallest absolute Gasteiger partial charge is 0.410 e. The molecule has 4 aliphatic rings. The normalized spacial score (nSPS) is 26.5. The monoisotopic (exact) mass is 671 g/mol. The third-order valence-electron chi connectivity index (χ3n) is 11.4. The minimum Gasteiger partial charge on any atom is -0.495 e. The number of nitrogens with zero attached hydrogens (tertiary/aromatic N) is 5. The van der Waals surface area contributed by atoms with Crippen molar-refractivity contribution >= 4 is 17.8 Å². The summed E-state index contributed by atoms with van der Waals surface area (Å²) >= 11 is 0. The van der Waals surface area contributed by atoms with E-state index in [1.54, 1.807) is 24.5 Å². The number of aliphatic hydroxyl groups is 1. The Morgan fingerprint density at radius 3 is 2.39 bits per heavy atom. The number of pyridine rings is 2. The summed E-state index contributed by atoms with van der Waals surface area (Å²) in [6, 6.07) is 7.99. The van der Waals surface area contributed by atoms with Crippen molar-refractivity contribution in [2.24, 2.45) is 11.8 Å². The minimum absolute atomic E-state index is 0.0785. The lowest BCUT2D eigenvalue weighted by Crippen LogP contribution is -2.69. The summed E-state index contributed by atoms with van der Waals surface area (Å²) in [6.45, 7) is 6.56. The number of carbonyl (C=O) groups is 2. The van der Waals surface area contributed by atoms with Crippen molar-refractivity contribution in [1.82, 2.24) is 19.9 Å². The van der Waals surface area contributed by atoms with Gasteiger partial charge in [-0.25, -0.2) is 14.8 Å². The van der Waals surface area contributed by atoms with E-state index in [9.17, 15) is 14.7 Å². The van der Waals surface area contributed by atoms with Crippen molar-refractivity contribution in [3.05, 3.63) is 54.0 Å². The minimum atomic E-state index is -0.624. The fourth-order valence-electron chi connectivity index (χ4n) is 7.73. The van der Waals surface area contributed by atoms with Gasteiger partial charge in [0.05, 0.1) is 31.0 Å². The predicted molar refractivity (Wildman–Crippen MR) is 183 cm³/mol. The molecular weight excluding hydrogens is 622 g/mol. The Morgan fingerprint density at radius 2 is 1.73 bits per heavy atom. The first-order valence-electron chi connectivity index (χ1n) is 18.0. The molecule has 1 aliphatic heterocycles. The Balaban J connectivity index is 1.04. The van der Waals surface area contributed by atoms with Crippen LogP contribution < -0.4 is 9.64 Å². The molecule has 0 bridgehead atoms. The lowest BCUT2D eigenvalue weighted by Gasteiger charge is -2.51. The average molecular weight is 672 g/mol. The number of amides is 2. The van der Waals surface area contributed by atoms with Crippen LogP contribution in [-0.2, 0) is 9.53 Å². The molecule has 1 unspecified atom stereocenters. The van der Waals surface area contributed by atoms with Crippen molar-refractivity contribution in [2.45, 2.75) is 115 Å². The Labute approximate surface area is 288 Å². The van der Waals surface area contributed by atoms with E-state index >= 15 is 0 Å². The second-order valence-electron chi connectivity index (χ2n) is 15.1. The molecular formula is C38H49N5O6. The maximum atomic E-state index is 14.4. The largest absolute Gasteiger partial charge is 0.495 e. The van der Waals surface area contributed by atoms with Gasteiger partial charge in [0.2, 0.25) is 5.91 Å². The molecule has 1 saturated heterocycles. The average Bonchev–Trinajstić information content (AvgIpc) is 3.85. The first-order chi connectivity index (χ1) is 23.6. The predicted octanol–water partition coefficient (Wildman–Crippen LogP) is 6.78. The summed E-state index contributed by atoms with van der Waals surface area (Å²) in [7, 11) is 1.67. The molecule has 3 aliphatic carbocycles. The van der Waals surface area contributed by atoms with E-state index in [0.717, 1.165) is 72.8 Å². The van der Waals surface area contributed by atoms with Crippen LogP contribution >= 0.6 is 0 Å². The first kappa shape index (κ1) is 33.5. The van der Waals surface area contributed by atoms with Crippen LogP contribution in [0, 0.1) is 18.8 Å². The van der Waals surface area contributed by atoms with E-state index in [1.807, 2.05) is 43.9 Å². The number of ether oxygens (including phenoxy) is 2. The molecule has 0 spiro atoms. The molecule has 7 rings (SSSR count). The molecule has 11 nitrogen and oxygen atoms in total. The zero-order chi connectivity index (χ0) is 34.3.